The van der Waals surface area contributed by atoms with Gasteiger partial charge in [0.2, 0.25) is 0 Å². The highest BCUT2D eigenvalue weighted by Crippen LogP contribution is 2.13. The second-order valence-electron chi connectivity index (χ2n) is 4.20. The van der Waals surface area contributed by atoms with Crippen molar-refractivity contribution in [2.45, 2.75) is 45.1 Å². The van der Waals surface area contributed by atoms with Crippen LogP contribution in [0.15, 0.2) is 18.2 Å². The highest BCUT2D eigenvalue weighted by Gasteiger charge is 2.09. The molecule has 0 saturated heterocycles. The van der Waals surface area contributed by atoms with E-state index in [1.807, 2.05) is 0 Å². The molecule has 3 heteroatoms. The van der Waals surface area contributed by atoms with E-state index in [4.69, 9.17) is 5.73 Å². The van der Waals surface area contributed by atoms with Gasteiger partial charge in [0.05, 0.1) is 0 Å². The van der Waals surface area contributed by atoms with E-state index in [9.17, 15) is 8.78 Å². The largest absolute Gasteiger partial charge is 0.327 e. The summed E-state index contributed by atoms with van der Waals surface area (Å²) in [5, 5.41) is 0. The van der Waals surface area contributed by atoms with Gasteiger partial charge in [0.25, 0.3) is 0 Å². The van der Waals surface area contributed by atoms with Gasteiger partial charge in [-0.2, -0.15) is 0 Å². The van der Waals surface area contributed by atoms with E-state index >= 15 is 0 Å². The Morgan fingerprint density at radius 1 is 1.25 bits per heavy atom. The van der Waals surface area contributed by atoms with E-state index in [1.165, 1.54) is 6.07 Å². The first kappa shape index (κ1) is 13.1. The van der Waals surface area contributed by atoms with Gasteiger partial charge < -0.3 is 5.73 Å². The molecule has 90 valence electrons. The molecular weight excluding hydrogens is 208 g/mol. The smallest absolute Gasteiger partial charge is 0.126 e. The molecule has 1 rings (SSSR count). The minimum Gasteiger partial charge on any atom is -0.327 e. The third-order valence-electron chi connectivity index (χ3n) is 2.67. The molecule has 2 N–H and O–H groups in total. The molecule has 1 aromatic rings. The van der Waals surface area contributed by atoms with Gasteiger partial charge in [0, 0.05) is 6.04 Å². The molecule has 0 heterocycles. The fourth-order valence-corrected chi connectivity index (χ4v) is 1.74. The molecule has 1 aromatic carbocycles. The fourth-order valence-electron chi connectivity index (χ4n) is 1.74. The highest BCUT2D eigenvalue weighted by molar-refractivity contribution is 5.19. The lowest BCUT2D eigenvalue weighted by Crippen LogP contribution is -2.23. The molecule has 16 heavy (non-hydrogen) atoms. The van der Waals surface area contributed by atoms with Gasteiger partial charge in [-0.15, -0.1) is 0 Å². The molecule has 0 aliphatic carbocycles. The third kappa shape index (κ3) is 4.27. The molecule has 0 aromatic heterocycles. The third-order valence-corrected chi connectivity index (χ3v) is 2.67. The Hall–Kier alpha value is -0.960. The van der Waals surface area contributed by atoms with Gasteiger partial charge in [-0.05, 0) is 36.6 Å². The van der Waals surface area contributed by atoms with Gasteiger partial charge in [-0.3, -0.25) is 0 Å². The van der Waals surface area contributed by atoms with Crippen LogP contribution in [-0.2, 0) is 6.42 Å². The van der Waals surface area contributed by atoms with Crippen molar-refractivity contribution in [1.29, 1.82) is 0 Å². The van der Waals surface area contributed by atoms with Crippen molar-refractivity contribution in [2.75, 3.05) is 0 Å². The van der Waals surface area contributed by atoms with Crippen LogP contribution in [0.4, 0.5) is 8.78 Å². The molecule has 1 unspecified atom stereocenters. The van der Waals surface area contributed by atoms with Crippen molar-refractivity contribution in [3.05, 3.63) is 35.4 Å². The van der Waals surface area contributed by atoms with E-state index in [2.05, 4.69) is 6.92 Å². The van der Waals surface area contributed by atoms with Gasteiger partial charge in [0.1, 0.15) is 11.6 Å². The number of benzene rings is 1. The molecule has 0 fully saturated rings. The minimum absolute atomic E-state index is 0.0807. The van der Waals surface area contributed by atoms with E-state index in [0.29, 0.717) is 12.0 Å². The monoisotopic (exact) mass is 227 g/mol. The first-order chi connectivity index (χ1) is 7.63. The molecule has 1 nitrogen and oxygen atoms in total. The van der Waals surface area contributed by atoms with Crippen molar-refractivity contribution in [3.8, 4) is 0 Å². The molecule has 0 bridgehead atoms. The lowest BCUT2D eigenvalue weighted by Gasteiger charge is -2.11. The molecule has 1 atom stereocenters. The van der Waals surface area contributed by atoms with Crippen LogP contribution in [-0.4, -0.2) is 6.04 Å². The predicted molar refractivity (Wildman–Crippen MR) is 62.2 cm³/mol. The lowest BCUT2D eigenvalue weighted by atomic mass is 10.0. The Morgan fingerprint density at radius 3 is 2.69 bits per heavy atom. The maximum absolute atomic E-state index is 13.3. The van der Waals surface area contributed by atoms with Gasteiger partial charge >= 0.3 is 0 Å². The number of rotatable bonds is 6. The van der Waals surface area contributed by atoms with Crippen molar-refractivity contribution >= 4 is 0 Å². The van der Waals surface area contributed by atoms with Crippen LogP contribution in [0.5, 0.6) is 0 Å². The summed E-state index contributed by atoms with van der Waals surface area (Å²) < 4.78 is 26.2. The summed E-state index contributed by atoms with van der Waals surface area (Å²) in [5.74, 6) is -0.774. The predicted octanol–water partition coefficient (Wildman–Crippen LogP) is 3.41. The zero-order chi connectivity index (χ0) is 12.0. The topological polar surface area (TPSA) is 26.0 Å². The normalized spacial score (nSPS) is 12.8. The maximum Gasteiger partial charge on any atom is 0.126 e. The zero-order valence-corrected chi connectivity index (χ0v) is 9.68. The lowest BCUT2D eigenvalue weighted by molar-refractivity contribution is 0.531. The zero-order valence-electron chi connectivity index (χ0n) is 9.68. The summed E-state index contributed by atoms with van der Waals surface area (Å²) in [6.07, 6.45) is 4.60. The Balaban J connectivity index is 2.48. The van der Waals surface area contributed by atoms with E-state index in [0.717, 1.165) is 37.8 Å². The molecule has 0 aliphatic heterocycles. The van der Waals surface area contributed by atoms with E-state index in [1.54, 1.807) is 0 Å². The Kier molecular flexibility index (Phi) is 5.39. The van der Waals surface area contributed by atoms with Crippen molar-refractivity contribution in [2.24, 2.45) is 5.73 Å². The van der Waals surface area contributed by atoms with Crippen molar-refractivity contribution < 1.29 is 8.78 Å². The van der Waals surface area contributed by atoms with Crippen LogP contribution in [0, 0.1) is 11.6 Å². The second-order valence-corrected chi connectivity index (χ2v) is 4.20. The Morgan fingerprint density at radius 2 is 2.00 bits per heavy atom. The number of hydrogen-bond acceptors (Lipinski definition) is 1. The van der Waals surface area contributed by atoms with Crippen molar-refractivity contribution in [1.82, 2.24) is 0 Å². The quantitative estimate of drug-likeness (QED) is 0.740. The number of hydrogen-bond donors (Lipinski definition) is 1. The molecule has 0 amide bonds. The molecule has 0 spiro atoms. The number of unbranched alkanes of at least 4 members (excludes halogenated alkanes) is 2. The minimum atomic E-state index is -0.405. The van der Waals surface area contributed by atoms with Crippen LogP contribution in [0.25, 0.3) is 0 Å². The molecular formula is C13H19F2N. The highest BCUT2D eigenvalue weighted by atomic mass is 19.1. The summed E-state index contributed by atoms with van der Waals surface area (Å²) >= 11 is 0. The standard InChI is InChI=1S/C13H19F2N/c1-2-3-4-5-12(16)9-10-8-11(14)6-7-13(10)15/h6-8,12H,2-5,9,16H2,1H3. The fraction of sp³-hybridized carbons (Fsp3) is 0.538. The van der Waals surface area contributed by atoms with Crippen molar-refractivity contribution in [3.63, 3.8) is 0 Å². The van der Waals surface area contributed by atoms with Gasteiger partial charge in [-0.1, -0.05) is 26.2 Å². The number of nitrogens with two attached hydrogens (primary N) is 1. The Labute approximate surface area is 95.7 Å². The summed E-state index contributed by atoms with van der Waals surface area (Å²) in [4.78, 5) is 0. The van der Waals surface area contributed by atoms with Crippen LogP contribution in [0.1, 0.15) is 38.2 Å². The molecule has 0 saturated carbocycles. The first-order valence-electron chi connectivity index (χ1n) is 5.83. The summed E-state index contributed by atoms with van der Waals surface area (Å²) in [6.45, 7) is 2.12. The maximum atomic E-state index is 13.3. The summed E-state index contributed by atoms with van der Waals surface area (Å²) in [7, 11) is 0. The van der Waals surface area contributed by atoms with E-state index in [-0.39, 0.29) is 11.9 Å². The van der Waals surface area contributed by atoms with Crippen LogP contribution < -0.4 is 5.73 Å². The summed E-state index contributed by atoms with van der Waals surface area (Å²) in [6, 6.07) is 3.43. The van der Waals surface area contributed by atoms with E-state index < -0.39 is 5.82 Å². The number of halogens is 2. The van der Waals surface area contributed by atoms with Crippen LogP contribution in [0.2, 0.25) is 0 Å². The average molecular weight is 227 g/mol. The molecule has 0 aliphatic rings. The first-order valence-corrected chi connectivity index (χ1v) is 5.83. The van der Waals surface area contributed by atoms with Crippen LogP contribution >= 0.6 is 0 Å². The SMILES string of the molecule is CCCCCC(N)Cc1cc(F)ccc1F. The van der Waals surface area contributed by atoms with Crippen LogP contribution in [0.3, 0.4) is 0 Å². The Bertz CT molecular complexity index is 326. The van der Waals surface area contributed by atoms with Gasteiger partial charge in [0.15, 0.2) is 0 Å². The average Bonchev–Trinajstić information content (AvgIpc) is 2.24. The summed E-state index contributed by atoms with van der Waals surface area (Å²) in [5.41, 5.74) is 6.26. The second kappa shape index (κ2) is 6.59. The molecule has 0 radical (unpaired) electrons. The van der Waals surface area contributed by atoms with Gasteiger partial charge in [-0.25, -0.2) is 8.78 Å².